The lowest BCUT2D eigenvalue weighted by Crippen LogP contribution is -2.43. The monoisotopic (exact) mass is 331 g/mol. The van der Waals surface area contributed by atoms with Gasteiger partial charge in [-0.2, -0.15) is 0 Å². The Morgan fingerprint density at radius 3 is 3.00 bits per heavy atom. The number of hydrogen-bond donors (Lipinski definition) is 1. The zero-order valence-corrected chi connectivity index (χ0v) is 14.0. The minimum absolute atomic E-state index is 0.0278. The Hall–Kier alpha value is -1.79. The summed E-state index contributed by atoms with van der Waals surface area (Å²) in [7, 11) is 1.86. The molecule has 3 rings (SSSR count). The molecule has 0 spiro atoms. The van der Waals surface area contributed by atoms with Gasteiger partial charge in [-0.25, -0.2) is 0 Å². The van der Waals surface area contributed by atoms with Crippen LogP contribution in [-0.2, 0) is 11.2 Å². The highest BCUT2D eigenvalue weighted by Gasteiger charge is 2.25. The van der Waals surface area contributed by atoms with E-state index in [0.29, 0.717) is 0 Å². The number of likely N-dealkylation sites (N-methyl/N-ethyl adjacent to an activating group) is 1. The molecule has 6 heteroatoms. The standard InChI is InChI=1S/C17H21N3O2S/c1-20(17(21)16-11-23-12-18-16)9-5-8-14-10-15(19-22-14)13-6-3-2-4-7-13/h2-4,6-7,10,16,18H,5,8-9,11-12H2,1H3. The van der Waals surface area contributed by atoms with Gasteiger partial charge < -0.3 is 9.42 Å². The van der Waals surface area contributed by atoms with Crippen LogP contribution in [0, 0.1) is 0 Å². The van der Waals surface area contributed by atoms with Crippen LogP contribution in [0.2, 0.25) is 0 Å². The van der Waals surface area contributed by atoms with E-state index in [2.05, 4.69) is 10.5 Å². The summed E-state index contributed by atoms with van der Waals surface area (Å²) in [6.45, 7) is 0.725. The minimum atomic E-state index is -0.0278. The van der Waals surface area contributed by atoms with Crippen molar-refractivity contribution >= 4 is 17.7 Å². The molecule has 1 fully saturated rings. The lowest BCUT2D eigenvalue weighted by Gasteiger charge is -2.20. The predicted molar refractivity (Wildman–Crippen MR) is 92.1 cm³/mol. The molecule has 1 amide bonds. The van der Waals surface area contributed by atoms with Gasteiger partial charge in [-0.05, 0) is 6.42 Å². The quantitative estimate of drug-likeness (QED) is 0.881. The van der Waals surface area contributed by atoms with Crippen molar-refractivity contribution in [3.63, 3.8) is 0 Å². The molecule has 0 saturated carbocycles. The fraction of sp³-hybridized carbons (Fsp3) is 0.412. The number of thioether (sulfide) groups is 1. The Kier molecular flexibility index (Phi) is 5.35. The zero-order chi connectivity index (χ0) is 16.1. The van der Waals surface area contributed by atoms with E-state index in [-0.39, 0.29) is 11.9 Å². The average Bonchev–Trinajstić information content (AvgIpc) is 3.27. The molecule has 2 heterocycles. The fourth-order valence-electron chi connectivity index (χ4n) is 2.60. The van der Waals surface area contributed by atoms with Crippen LogP contribution in [0.1, 0.15) is 12.2 Å². The molecule has 1 atom stereocenters. The van der Waals surface area contributed by atoms with E-state index >= 15 is 0 Å². The van der Waals surface area contributed by atoms with E-state index in [9.17, 15) is 4.79 Å². The molecule has 2 aromatic rings. The second kappa shape index (κ2) is 7.66. The van der Waals surface area contributed by atoms with Crippen molar-refractivity contribution in [2.45, 2.75) is 18.9 Å². The second-order valence-electron chi connectivity index (χ2n) is 5.68. The van der Waals surface area contributed by atoms with Crippen molar-refractivity contribution in [2.24, 2.45) is 0 Å². The van der Waals surface area contributed by atoms with Crippen molar-refractivity contribution in [1.82, 2.24) is 15.4 Å². The molecule has 0 aliphatic carbocycles. The van der Waals surface area contributed by atoms with Crippen molar-refractivity contribution in [3.05, 3.63) is 42.2 Å². The molecule has 122 valence electrons. The van der Waals surface area contributed by atoms with Crippen LogP contribution >= 0.6 is 11.8 Å². The number of rotatable bonds is 6. The van der Waals surface area contributed by atoms with Crippen molar-refractivity contribution in [1.29, 1.82) is 0 Å². The summed E-state index contributed by atoms with van der Waals surface area (Å²) in [6, 6.07) is 11.9. The third-order valence-electron chi connectivity index (χ3n) is 3.94. The lowest BCUT2D eigenvalue weighted by atomic mass is 10.1. The number of benzene rings is 1. The summed E-state index contributed by atoms with van der Waals surface area (Å²) in [5.74, 6) is 2.77. The summed E-state index contributed by atoms with van der Waals surface area (Å²) in [4.78, 5) is 14.0. The molecule has 1 aromatic heterocycles. The van der Waals surface area contributed by atoms with E-state index in [1.165, 1.54) is 0 Å². The number of aromatic nitrogens is 1. The molecule has 1 aliphatic heterocycles. The molecule has 1 unspecified atom stereocenters. The average molecular weight is 331 g/mol. The maximum absolute atomic E-state index is 12.2. The number of nitrogens with zero attached hydrogens (tertiary/aromatic N) is 2. The number of aryl methyl sites for hydroxylation is 1. The number of hydrogen-bond acceptors (Lipinski definition) is 5. The van der Waals surface area contributed by atoms with Gasteiger partial charge in [-0.3, -0.25) is 10.1 Å². The predicted octanol–water partition coefficient (Wildman–Crippen LogP) is 2.40. The van der Waals surface area contributed by atoms with Crippen LogP contribution in [0.4, 0.5) is 0 Å². The number of carbonyl (C=O) groups excluding carboxylic acids is 1. The van der Waals surface area contributed by atoms with Gasteiger partial charge >= 0.3 is 0 Å². The van der Waals surface area contributed by atoms with Crippen molar-refractivity contribution < 1.29 is 9.32 Å². The smallest absolute Gasteiger partial charge is 0.240 e. The molecule has 5 nitrogen and oxygen atoms in total. The Bertz CT molecular complexity index is 638. The molecule has 23 heavy (non-hydrogen) atoms. The zero-order valence-electron chi connectivity index (χ0n) is 13.2. The number of carbonyl (C=O) groups is 1. The van der Waals surface area contributed by atoms with Crippen LogP contribution in [0.3, 0.4) is 0 Å². The van der Waals surface area contributed by atoms with Crippen LogP contribution in [0.15, 0.2) is 40.9 Å². The van der Waals surface area contributed by atoms with E-state index in [4.69, 9.17) is 4.52 Å². The van der Waals surface area contributed by atoms with Gasteiger partial charge in [-0.15, -0.1) is 11.8 Å². The molecular formula is C17H21N3O2S. The van der Waals surface area contributed by atoms with Crippen LogP contribution in [0.5, 0.6) is 0 Å². The fourth-order valence-corrected chi connectivity index (χ4v) is 3.53. The Morgan fingerprint density at radius 1 is 1.43 bits per heavy atom. The SMILES string of the molecule is CN(CCCc1cc(-c2ccccc2)no1)C(=O)C1CSCN1. The summed E-state index contributed by atoms with van der Waals surface area (Å²) in [6.07, 6.45) is 1.65. The molecule has 1 saturated heterocycles. The van der Waals surface area contributed by atoms with Crippen molar-refractivity contribution in [2.75, 3.05) is 25.2 Å². The molecule has 1 N–H and O–H groups in total. The van der Waals surface area contributed by atoms with Gasteiger partial charge in [0.25, 0.3) is 0 Å². The van der Waals surface area contributed by atoms with E-state index in [0.717, 1.165) is 48.0 Å². The molecule has 1 aliphatic rings. The first-order valence-electron chi connectivity index (χ1n) is 7.81. The first-order valence-corrected chi connectivity index (χ1v) is 8.96. The van der Waals surface area contributed by atoms with Gasteiger partial charge in [0.2, 0.25) is 5.91 Å². The lowest BCUT2D eigenvalue weighted by molar-refractivity contribution is -0.131. The van der Waals surface area contributed by atoms with Gasteiger partial charge in [0.1, 0.15) is 11.5 Å². The normalized spacial score (nSPS) is 17.3. The Balaban J connectivity index is 1.47. The largest absolute Gasteiger partial charge is 0.361 e. The highest BCUT2D eigenvalue weighted by atomic mass is 32.2. The van der Waals surface area contributed by atoms with Gasteiger partial charge in [0.05, 0.1) is 6.04 Å². The first kappa shape index (κ1) is 16.1. The third kappa shape index (κ3) is 4.14. The topological polar surface area (TPSA) is 58.4 Å². The number of nitrogens with one attached hydrogen (secondary N) is 1. The molecule has 0 radical (unpaired) electrons. The van der Waals surface area contributed by atoms with Crippen LogP contribution in [-0.4, -0.2) is 47.2 Å². The highest BCUT2D eigenvalue weighted by molar-refractivity contribution is 7.99. The Labute approximate surface area is 140 Å². The van der Waals surface area contributed by atoms with E-state index in [1.807, 2.05) is 43.4 Å². The van der Waals surface area contributed by atoms with E-state index in [1.54, 1.807) is 16.7 Å². The van der Waals surface area contributed by atoms with Crippen LogP contribution < -0.4 is 5.32 Å². The van der Waals surface area contributed by atoms with Crippen LogP contribution in [0.25, 0.3) is 11.3 Å². The third-order valence-corrected chi connectivity index (χ3v) is 4.88. The Morgan fingerprint density at radius 2 is 2.26 bits per heavy atom. The summed E-state index contributed by atoms with van der Waals surface area (Å²) in [5.41, 5.74) is 1.91. The summed E-state index contributed by atoms with van der Waals surface area (Å²) < 4.78 is 5.39. The minimum Gasteiger partial charge on any atom is -0.361 e. The molecule has 0 bridgehead atoms. The van der Waals surface area contributed by atoms with E-state index < -0.39 is 0 Å². The van der Waals surface area contributed by atoms with Gasteiger partial charge in [0, 0.05) is 43.3 Å². The molecular weight excluding hydrogens is 310 g/mol. The second-order valence-corrected chi connectivity index (χ2v) is 6.71. The van der Waals surface area contributed by atoms with Gasteiger partial charge in [-0.1, -0.05) is 35.5 Å². The van der Waals surface area contributed by atoms with Crippen molar-refractivity contribution in [3.8, 4) is 11.3 Å². The first-order chi connectivity index (χ1) is 11.2. The number of amides is 1. The maximum Gasteiger partial charge on any atom is 0.240 e. The summed E-state index contributed by atoms with van der Waals surface area (Å²) in [5, 5.41) is 7.32. The molecule has 1 aromatic carbocycles. The highest BCUT2D eigenvalue weighted by Crippen LogP contribution is 2.19. The maximum atomic E-state index is 12.2. The van der Waals surface area contributed by atoms with Gasteiger partial charge in [0.15, 0.2) is 0 Å². The summed E-state index contributed by atoms with van der Waals surface area (Å²) >= 11 is 1.77.